The van der Waals surface area contributed by atoms with Gasteiger partial charge in [0.25, 0.3) is 6.43 Å². The van der Waals surface area contributed by atoms with Crippen molar-refractivity contribution in [2.75, 3.05) is 31.1 Å². The first-order valence-electron chi connectivity index (χ1n) is 12.4. The van der Waals surface area contributed by atoms with Gasteiger partial charge in [-0.3, -0.25) is 9.48 Å². The second-order valence-corrected chi connectivity index (χ2v) is 13.6. The lowest BCUT2D eigenvalue weighted by Crippen LogP contribution is -2.51. The zero-order chi connectivity index (χ0) is 28.3. The Morgan fingerprint density at radius 3 is 2.38 bits per heavy atom. The van der Waals surface area contributed by atoms with E-state index in [-0.39, 0.29) is 21.5 Å². The second-order valence-electron chi connectivity index (χ2n) is 10.9. The van der Waals surface area contributed by atoms with E-state index in [0.29, 0.717) is 66.9 Å². The molecule has 2 aromatic heterocycles. The minimum atomic E-state index is -4.12. The van der Waals surface area contributed by atoms with E-state index in [0.717, 1.165) is 0 Å². The van der Waals surface area contributed by atoms with E-state index in [2.05, 4.69) is 20.0 Å². The number of piperazine rings is 1. The Morgan fingerprint density at radius 1 is 1.18 bits per heavy atom. The molecule has 208 valence electrons. The molecule has 15 heteroatoms. The fourth-order valence-corrected chi connectivity index (χ4v) is 6.76. The average Bonchev–Trinajstić information content (AvgIpc) is 3.31. The van der Waals surface area contributed by atoms with Gasteiger partial charge in [0.2, 0.25) is 15.9 Å². The van der Waals surface area contributed by atoms with Crippen LogP contribution in [0.25, 0.3) is 21.6 Å². The Hall–Kier alpha value is -3.22. The maximum Gasteiger partial charge on any atom is 0.291 e. The molecule has 1 saturated carbocycles. The lowest BCUT2D eigenvalue weighted by atomic mass is 9.94. The molecule has 3 aromatic rings. The Morgan fingerprint density at radius 2 is 1.85 bits per heavy atom. The third kappa shape index (κ3) is 5.08. The number of carbonyl (C=O) groups is 1. The topological polar surface area (TPSA) is 137 Å². The van der Waals surface area contributed by atoms with Gasteiger partial charge in [0, 0.05) is 44.0 Å². The van der Waals surface area contributed by atoms with Gasteiger partial charge >= 0.3 is 0 Å². The summed E-state index contributed by atoms with van der Waals surface area (Å²) in [5.74, 6) is 0.0352. The normalized spacial score (nSPS) is 17.6. The van der Waals surface area contributed by atoms with Crippen LogP contribution in [0.5, 0.6) is 0 Å². The van der Waals surface area contributed by atoms with Crippen LogP contribution >= 0.6 is 11.3 Å². The first-order valence-corrected chi connectivity index (χ1v) is 14.7. The molecule has 1 saturated heterocycles. The summed E-state index contributed by atoms with van der Waals surface area (Å²) in [5.41, 5.74) is -0.259. The van der Waals surface area contributed by atoms with Crippen LogP contribution < -0.4 is 9.62 Å². The number of hydrogen-bond donors (Lipinski definition) is 1. The summed E-state index contributed by atoms with van der Waals surface area (Å²) >= 11 is 0.692. The fraction of sp³-hybridized carbons (Fsp3) is 0.542. The number of alkyl halides is 2. The fourth-order valence-electron chi connectivity index (χ4n) is 4.64. The summed E-state index contributed by atoms with van der Waals surface area (Å²) in [6.07, 6.45) is -1.96. The van der Waals surface area contributed by atoms with E-state index in [1.165, 1.54) is 12.1 Å². The average molecular weight is 579 g/mol. The summed E-state index contributed by atoms with van der Waals surface area (Å²) in [6.45, 7) is 7.39. The smallest absolute Gasteiger partial charge is 0.291 e. The standard InChI is InChI=1S/C24H28F2N8O3S2/c1-23(2,3)22(35)34-9-7-33(8-10-34)16-12-14(39(36,37)31-24(13-27)5-6-24)11-15-17(30-32(4)18(15)16)20-28-29-21(38-20)19(25)26/h11-12,19,31H,5-10H2,1-4H3. The van der Waals surface area contributed by atoms with Crippen LogP contribution in [-0.2, 0) is 21.9 Å². The molecule has 1 aromatic carbocycles. The summed E-state index contributed by atoms with van der Waals surface area (Å²) in [4.78, 5) is 16.5. The molecule has 0 spiro atoms. The van der Waals surface area contributed by atoms with E-state index in [1.54, 1.807) is 16.6 Å². The lowest BCUT2D eigenvalue weighted by molar-refractivity contribution is -0.139. The summed E-state index contributed by atoms with van der Waals surface area (Å²) in [5, 5.41) is 21.5. The van der Waals surface area contributed by atoms with Gasteiger partial charge in [0.1, 0.15) is 11.2 Å². The molecule has 1 aliphatic heterocycles. The van der Waals surface area contributed by atoms with Gasteiger partial charge in [-0.2, -0.15) is 15.1 Å². The Kier molecular flexibility index (Phi) is 6.63. The molecule has 0 unspecified atom stereocenters. The molecule has 5 rings (SSSR count). The highest BCUT2D eigenvalue weighted by Crippen LogP contribution is 2.40. The second kappa shape index (κ2) is 9.46. The predicted molar refractivity (Wildman–Crippen MR) is 141 cm³/mol. The van der Waals surface area contributed by atoms with Crippen LogP contribution in [0.4, 0.5) is 14.5 Å². The summed E-state index contributed by atoms with van der Waals surface area (Å²) < 4.78 is 57.4. The quantitative estimate of drug-likeness (QED) is 0.471. The zero-order valence-electron chi connectivity index (χ0n) is 21.9. The molecule has 0 radical (unpaired) electrons. The number of aromatic nitrogens is 4. The Bertz CT molecular complexity index is 1590. The molecule has 1 amide bonds. The summed E-state index contributed by atoms with van der Waals surface area (Å²) in [7, 11) is -2.43. The highest BCUT2D eigenvalue weighted by molar-refractivity contribution is 7.89. The minimum Gasteiger partial charge on any atom is -0.366 e. The van der Waals surface area contributed by atoms with E-state index >= 15 is 0 Å². The van der Waals surface area contributed by atoms with Crippen LogP contribution in [0.1, 0.15) is 45.0 Å². The van der Waals surface area contributed by atoms with Crippen LogP contribution in [0.15, 0.2) is 17.0 Å². The number of anilines is 1. The predicted octanol–water partition coefficient (Wildman–Crippen LogP) is 3.06. The number of halogens is 2. The number of nitrogens with zero attached hydrogens (tertiary/aromatic N) is 7. The number of hydrogen-bond acceptors (Lipinski definition) is 9. The van der Waals surface area contributed by atoms with Gasteiger partial charge < -0.3 is 9.80 Å². The highest BCUT2D eigenvalue weighted by Gasteiger charge is 2.47. The Balaban J connectivity index is 1.60. The van der Waals surface area contributed by atoms with Crippen molar-refractivity contribution in [1.82, 2.24) is 29.6 Å². The van der Waals surface area contributed by atoms with Crippen molar-refractivity contribution in [3.63, 3.8) is 0 Å². The summed E-state index contributed by atoms with van der Waals surface area (Å²) in [6, 6.07) is 5.00. The molecule has 2 fully saturated rings. The van der Waals surface area contributed by atoms with Gasteiger partial charge in [-0.15, -0.1) is 10.2 Å². The van der Waals surface area contributed by atoms with Crippen LogP contribution in [0.2, 0.25) is 0 Å². The number of aryl methyl sites for hydroxylation is 1. The molecule has 39 heavy (non-hydrogen) atoms. The maximum atomic E-state index is 13.4. The van der Waals surface area contributed by atoms with Gasteiger partial charge in [0.05, 0.1) is 22.2 Å². The van der Waals surface area contributed by atoms with Crippen molar-refractivity contribution < 1.29 is 22.0 Å². The Labute approximate surface area is 228 Å². The van der Waals surface area contributed by atoms with Gasteiger partial charge in [0.15, 0.2) is 10.0 Å². The maximum absolute atomic E-state index is 13.4. The SMILES string of the molecule is Cn1nc(-c2nnc(C(F)F)s2)c2cc(S(=O)(=O)NC3(C#N)CC3)cc(N3CCN(C(=O)C(C)(C)C)CC3)c21. The van der Waals surface area contributed by atoms with E-state index in [9.17, 15) is 27.3 Å². The number of nitrogens with one attached hydrogen (secondary N) is 1. The molecule has 3 heterocycles. The van der Waals surface area contributed by atoms with E-state index < -0.39 is 32.4 Å². The number of sulfonamides is 1. The largest absolute Gasteiger partial charge is 0.366 e. The number of benzene rings is 1. The third-order valence-electron chi connectivity index (χ3n) is 6.88. The van der Waals surface area contributed by atoms with E-state index in [1.807, 2.05) is 31.7 Å². The van der Waals surface area contributed by atoms with Crippen molar-refractivity contribution in [2.45, 2.75) is 50.5 Å². The third-order valence-corrected chi connectivity index (χ3v) is 9.33. The van der Waals surface area contributed by atoms with Crippen LogP contribution in [0.3, 0.4) is 0 Å². The van der Waals surface area contributed by atoms with E-state index in [4.69, 9.17) is 0 Å². The van der Waals surface area contributed by atoms with Crippen LogP contribution in [-0.4, -0.2) is 70.9 Å². The number of nitriles is 1. The highest BCUT2D eigenvalue weighted by atomic mass is 32.2. The van der Waals surface area contributed by atoms with Gasteiger partial charge in [-0.05, 0) is 25.0 Å². The molecule has 11 nitrogen and oxygen atoms in total. The van der Waals surface area contributed by atoms with Crippen molar-refractivity contribution in [2.24, 2.45) is 12.5 Å². The first kappa shape index (κ1) is 27.4. The van der Waals surface area contributed by atoms with Crippen molar-refractivity contribution in [3.8, 4) is 16.8 Å². The molecular formula is C24H28F2N8O3S2. The number of fused-ring (bicyclic) bond motifs is 1. The zero-order valence-corrected chi connectivity index (χ0v) is 23.5. The lowest BCUT2D eigenvalue weighted by Gasteiger charge is -2.39. The number of carbonyl (C=O) groups excluding carboxylic acids is 1. The first-order chi connectivity index (χ1) is 18.2. The van der Waals surface area contributed by atoms with Crippen molar-refractivity contribution >= 4 is 43.9 Å². The number of amides is 1. The van der Waals surface area contributed by atoms with Gasteiger partial charge in [-0.1, -0.05) is 32.1 Å². The van der Waals surface area contributed by atoms with Gasteiger partial charge in [-0.25, -0.2) is 17.2 Å². The number of rotatable bonds is 6. The molecule has 0 bridgehead atoms. The van der Waals surface area contributed by atoms with Crippen LogP contribution in [0, 0.1) is 16.7 Å². The molecule has 0 atom stereocenters. The molecule has 2 aliphatic rings. The molecule has 1 aliphatic carbocycles. The monoisotopic (exact) mass is 578 g/mol. The van der Waals surface area contributed by atoms with Crippen molar-refractivity contribution in [1.29, 1.82) is 5.26 Å². The minimum absolute atomic E-state index is 0.0352. The molecular weight excluding hydrogens is 550 g/mol. The van der Waals surface area contributed by atoms with Crippen molar-refractivity contribution in [3.05, 3.63) is 17.1 Å². The molecule has 1 N–H and O–H groups in total.